The zero-order valence-corrected chi connectivity index (χ0v) is 7.34. The van der Waals surface area contributed by atoms with Gasteiger partial charge in [-0.3, -0.25) is 4.79 Å². The van der Waals surface area contributed by atoms with E-state index in [2.05, 4.69) is 0 Å². The van der Waals surface area contributed by atoms with Gasteiger partial charge in [0.1, 0.15) is 5.60 Å². The molecule has 0 radical (unpaired) electrons. The van der Waals surface area contributed by atoms with E-state index in [1.807, 2.05) is 6.07 Å². The molecule has 1 unspecified atom stereocenters. The van der Waals surface area contributed by atoms with Gasteiger partial charge >= 0.3 is 5.97 Å². The van der Waals surface area contributed by atoms with Gasteiger partial charge in [-0.15, -0.1) is 0 Å². The lowest BCUT2D eigenvalue weighted by molar-refractivity contribution is -0.156. The summed E-state index contributed by atoms with van der Waals surface area (Å²) in [6.07, 6.45) is 0. The molecule has 0 aliphatic rings. The predicted octanol–water partition coefficient (Wildman–Crippen LogP) is 1.49. The lowest BCUT2D eigenvalue weighted by Crippen LogP contribution is -2.33. The quantitative estimate of drug-likeness (QED) is 0.567. The maximum atomic E-state index is 10.5. The molecule has 0 bridgehead atoms. The fraction of sp³-hybridized carbons (Fsp3) is 0.750. The highest BCUT2D eigenvalue weighted by molar-refractivity contribution is 5.66. The maximum absolute atomic E-state index is 10.5. The number of carbonyl (C=O) groups is 1. The summed E-state index contributed by atoms with van der Waals surface area (Å²) < 4.78 is 4.93. The van der Waals surface area contributed by atoms with Crippen molar-refractivity contribution in [1.82, 2.24) is 0 Å². The van der Waals surface area contributed by atoms with Crippen LogP contribution in [0.2, 0.25) is 0 Å². The molecule has 0 heterocycles. The number of hydrogen-bond donors (Lipinski definition) is 0. The second-order valence-corrected chi connectivity index (χ2v) is 3.05. The first-order valence-electron chi connectivity index (χ1n) is 3.49. The van der Waals surface area contributed by atoms with Gasteiger partial charge in [0.2, 0.25) is 0 Å². The second kappa shape index (κ2) is 3.38. The molecular formula is C8H13NO2. The molecule has 0 amide bonds. The first-order chi connectivity index (χ1) is 4.90. The predicted molar refractivity (Wildman–Crippen MR) is 40.6 cm³/mol. The van der Waals surface area contributed by atoms with E-state index >= 15 is 0 Å². The molecule has 3 heteroatoms. The molecule has 0 aromatic rings. The van der Waals surface area contributed by atoms with Crippen LogP contribution in [0.15, 0.2) is 0 Å². The first kappa shape index (κ1) is 9.96. The van der Waals surface area contributed by atoms with Gasteiger partial charge in [0, 0.05) is 6.92 Å². The first-order valence-corrected chi connectivity index (χ1v) is 3.49. The maximum Gasteiger partial charge on any atom is 0.303 e. The third kappa shape index (κ3) is 3.03. The Morgan fingerprint density at radius 3 is 2.36 bits per heavy atom. The molecule has 0 aromatic carbocycles. The highest BCUT2D eigenvalue weighted by Gasteiger charge is 2.28. The Kier molecular flexibility index (Phi) is 3.06. The topological polar surface area (TPSA) is 50.1 Å². The Hall–Kier alpha value is -1.04. The molecule has 0 rings (SSSR count). The summed E-state index contributed by atoms with van der Waals surface area (Å²) in [5.41, 5.74) is -0.680. The van der Waals surface area contributed by atoms with Crippen LogP contribution in [0.3, 0.4) is 0 Å². The molecule has 0 spiro atoms. The minimum atomic E-state index is -0.680. The molecule has 0 fully saturated rings. The van der Waals surface area contributed by atoms with Crippen LogP contribution in [0.4, 0.5) is 0 Å². The number of nitrogens with zero attached hydrogens (tertiary/aromatic N) is 1. The van der Waals surface area contributed by atoms with Crippen molar-refractivity contribution in [2.45, 2.75) is 33.3 Å². The van der Waals surface area contributed by atoms with Gasteiger partial charge in [-0.05, 0) is 20.8 Å². The number of esters is 1. The standard InChI is InChI=1S/C8H13NO2/c1-6(5-9)8(3,4)11-7(2)10/h6H,1-4H3. The van der Waals surface area contributed by atoms with Crippen LogP contribution in [-0.2, 0) is 9.53 Å². The zero-order chi connectivity index (χ0) is 9.07. The number of nitriles is 1. The summed E-state index contributed by atoms with van der Waals surface area (Å²) in [6.45, 7) is 6.51. The Morgan fingerprint density at radius 1 is 1.64 bits per heavy atom. The second-order valence-electron chi connectivity index (χ2n) is 3.05. The van der Waals surface area contributed by atoms with E-state index in [9.17, 15) is 4.79 Å². The Balaban J connectivity index is 4.23. The molecule has 11 heavy (non-hydrogen) atoms. The van der Waals surface area contributed by atoms with Crippen molar-refractivity contribution in [3.05, 3.63) is 0 Å². The summed E-state index contributed by atoms with van der Waals surface area (Å²) in [4.78, 5) is 10.5. The highest BCUT2D eigenvalue weighted by Crippen LogP contribution is 2.19. The smallest absolute Gasteiger partial charge is 0.303 e. The zero-order valence-electron chi connectivity index (χ0n) is 7.34. The number of hydrogen-bond acceptors (Lipinski definition) is 3. The van der Waals surface area contributed by atoms with E-state index in [0.29, 0.717) is 0 Å². The summed E-state index contributed by atoms with van der Waals surface area (Å²) in [6, 6.07) is 2.03. The van der Waals surface area contributed by atoms with Gasteiger partial charge < -0.3 is 4.74 Å². The third-order valence-corrected chi connectivity index (χ3v) is 1.64. The molecule has 1 atom stereocenters. The van der Waals surface area contributed by atoms with E-state index < -0.39 is 5.60 Å². The van der Waals surface area contributed by atoms with Crippen LogP contribution in [0.25, 0.3) is 0 Å². The van der Waals surface area contributed by atoms with E-state index in [1.54, 1.807) is 20.8 Å². The Labute approximate surface area is 67.0 Å². The molecule has 0 saturated carbocycles. The third-order valence-electron chi connectivity index (χ3n) is 1.64. The summed E-state index contributed by atoms with van der Waals surface area (Å²) in [7, 11) is 0. The Bertz CT molecular complexity index is 191. The number of ether oxygens (including phenoxy) is 1. The molecule has 62 valence electrons. The van der Waals surface area contributed by atoms with Crippen molar-refractivity contribution in [3.8, 4) is 6.07 Å². The molecule has 0 aromatic heterocycles. The van der Waals surface area contributed by atoms with Crippen molar-refractivity contribution in [2.24, 2.45) is 5.92 Å². The molecule has 0 saturated heterocycles. The number of carbonyl (C=O) groups excluding carboxylic acids is 1. The fourth-order valence-corrected chi connectivity index (χ4v) is 0.614. The van der Waals surface area contributed by atoms with E-state index in [4.69, 9.17) is 10.00 Å². The van der Waals surface area contributed by atoms with E-state index in [-0.39, 0.29) is 11.9 Å². The molecule has 0 N–H and O–H groups in total. The van der Waals surface area contributed by atoms with Crippen molar-refractivity contribution >= 4 is 5.97 Å². The molecule has 0 aliphatic carbocycles. The van der Waals surface area contributed by atoms with Gasteiger partial charge in [-0.25, -0.2) is 0 Å². The van der Waals surface area contributed by atoms with Crippen molar-refractivity contribution < 1.29 is 9.53 Å². The lowest BCUT2D eigenvalue weighted by atomic mass is 9.94. The average molecular weight is 155 g/mol. The molecular weight excluding hydrogens is 142 g/mol. The highest BCUT2D eigenvalue weighted by atomic mass is 16.6. The van der Waals surface area contributed by atoms with E-state index in [1.165, 1.54) is 6.92 Å². The van der Waals surface area contributed by atoms with Gasteiger partial charge in [0.05, 0.1) is 12.0 Å². The van der Waals surface area contributed by atoms with Crippen LogP contribution in [-0.4, -0.2) is 11.6 Å². The Morgan fingerprint density at radius 2 is 2.09 bits per heavy atom. The monoisotopic (exact) mass is 155 g/mol. The minimum absolute atomic E-state index is 0.286. The number of rotatable bonds is 2. The van der Waals surface area contributed by atoms with Crippen LogP contribution >= 0.6 is 0 Å². The van der Waals surface area contributed by atoms with Crippen LogP contribution < -0.4 is 0 Å². The fourth-order valence-electron chi connectivity index (χ4n) is 0.614. The van der Waals surface area contributed by atoms with Gasteiger partial charge in [-0.2, -0.15) is 5.26 Å². The molecule has 0 aliphatic heterocycles. The largest absolute Gasteiger partial charge is 0.458 e. The van der Waals surface area contributed by atoms with Gasteiger partial charge in [0.25, 0.3) is 0 Å². The summed E-state index contributed by atoms with van der Waals surface area (Å²) in [5.74, 6) is -0.636. The molecule has 3 nitrogen and oxygen atoms in total. The van der Waals surface area contributed by atoms with Crippen molar-refractivity contribution in [1.29, 1.82) is 5.26 Å². The average Bonchev–Trinajstić information content (AvgIpc) is 1.83. The minimum Gasteiger partial charge on any atom is -0.458 e. The normalized spacial score (nSPS) is 13.4. The summed E-state index contributed by atoms with van der Waals surface area (Å²) in [5, 5.41) is 8.54. The van der Waals surface area contributed by atoms with Crippen LogP contribution in [0.5, 0.6) is 0 Å². The van der Waals surface area contributed by atoms with Crippen molar-refractivity contribution in [2.75, 3.05) is 0 Å². The van der Waals surface area contributed by atoms with Crippen molar-refractivity contribution in [3.63, 3.8) is 0 Å². The van der Waals surface area contributed by atoms with Gasteiger partial charge in [-0.1, -0.05) is 0 Å². The lowest BCUT2D eigenvalue weighted by Gasteiger charge is -2.26. The van der Waals surface area contributed by atoms with Gasteiger partial charge in [0.15, 0.2) is 0 Å². The van der Waals surface area contributed by atoms with Crippen LogP contribution in [0, 0.1) is 17.2 Å². The summed E-state index contributed by atoms with van der Waals surface area (Å²) >= 11 is 0. The van der Waals surface area contributed by atoms with E-state index in [0.717, 1.165) is 0 Å². The van der Waals surface area contributed by atoms with Crippen LogP contribution in [0.1, 0.15) is 27.7 Å². The SMILES string of the molecule is CC(=O)OC(C)(C)C(C)C#N.